The number of hydrogen-bond donors (Lipinski definition) is 3. The third kappa shape index (κ3) is 12.4. The van der Waals surface area contributed by atoms with Crippen LogP contribution >= 0.6 is 7.60 Å². The SMILES string of the molecule is O=P(O)(O)C(CCCc1ccc(Oc2ccccc2)cc1)S(=O)(=O)O.[KH].[KH].[KH]. The summed E-state index contributed by atoms with van der Waals surface area (Å²) in [7, 11) is -9.72. The van der Waals surface area contributed by atoms with Crippen molar-refractivity contribution in [3.05, 3.63) is 60.2 Å². The fourth-order valence-corrected chi connectivity index (χ4v) is 4.69. The zero-order valence-corrected chi connectivity index (χ0v) is 14.9. The topological polar surface area (TPSA) is 121 Å². The van der Waals surface area contributed by atoms with Gasteiger partial charge in [-0.05, 0) is 49.1 Å². The molecule has 0 heterocycles. The Bertz CT molecular complexity index is 842. The van der Waals surface area contributed by atoms with E-state index in [0.29, 0.717) is 17.9 Å². The van der Waals surface area contributed by atoms with E-state index in [1.54, 1.807) is 24.3 Å². The fraction of sp³-hybridized carbons (Fsp3) is 0.250. The molecule has 28 heavy (non-hydrogen) atoms. The number of ether oxygens (including phenoxy) is 1. The molecule has 0 bridgehead atoms. The number of benzene rings is 2. The number of para-hydroxylation sites is 1. The van der Waals surface area contributed by atoms with E-state index in [9.17, 15) is 13.0 Å². The molecule has 2 aromatic rings. The van der Waals surface area contributed by atoms with Crippen LogP contribution in [0.3, 0.4) is 0 Å². The molecule has 12 heteroatoms. The van der Waals surface area contributed by atoms with Gasteiger partial charge < -0.3 is 14.5 Å². The van der Waals surface area contributed by atoms with Gasteiger partial charge in [0.15, 0.2) is 4.99 Å². The molecule has 7 nitrogen and oxygen atoms in total. The van der Waals surface area contributed by atoms with E-state index >= 15 is 0 Å². The summed E-state index contributed by atoms with van der Waals surface area (Å²) >= 11 is 0. The van der Waals surface area contributed by atoms with Crippen molar-refractivity contribution in [3.63, 3.8) is 0 Å². The van der Waals surface area contributed by atoms with Crippen LogP contribution in [-0.2, 0) is 21.1 Å². The summed E-state index contributed by atoms with van der Waals surface area (Å²) in [4.78, 5) is 16.0. The Balaban J connectivity index is 0. The summed E-state index contributed by atoms with van der Waals surface area (Å²) in [5.74, 6) is 1.34. The van der Waals surface area contributed by atoms with Crippen LogP contribution in [0.1, 0.15) is 18.4 Å². The molecule has 3 N–H and O–H groups in total. The Kier molecular flexibility index (Phi) is 19.0. The van der Waals surface area contributed by atoms with E-state index in [4.69, 9.17) is 19.1 Å². The van der Waals surface area contributed by atoms with Gasteiger partial charge in [-0.1, -0.05) is 30.3 Å². The third-order valence-electron chi connectivity index (χ3n) is 3.54. The first-order valence-electron chi connectivity index (χ1n) is 7.49. The van der Waals surface area contributed by atoms with Gasteiger partial charge in [-0.3, -0.25) is 9.12 Å². The van der Waals surface area contributed by atoms with E-state index in [-0.39, 0.29) is 167 Å². The fourth-order valence-electron chi connectivity index (χ4n) is 2.32. The van der Waals surface area contributed by atoms with Gasteiger partial charge in [0, 0.05) is 0 Å². The quantitative estimate of drug-likeness (QED) is 0.280. The van der Waals surface area contributed by atoms with Gasteiger partial charge >= 0.3 is 162 Å². The molecule has 142 valence electrons. The van der Waals surface area contributed by atoms with Crippen molar-refractivity contribution >= 4 is 172 Å². The molecule has 0 aliphatic heterocycles. The normalized spacial score (nSPS) is 12.0. The monoisotopic (exact) mass is 506 g/mol. The van der Waals surface area contributed by atoms with Gasteiger partial charge in [-0.25, -0.2) is 0 Å². The van der Waals surface area contributed by atoms with Crippen LogP contribution in [0.5, 0.6) is 11.5 Å². The molecule has 0 aromatic heterocycles. The second-order valence-corrected chi connectivity index (χ2v) is 9.26. The maximum absolute atomic E-state index is 11.2. The molecule has 0 saturated carbocycles. The van der Waals surface area contributed by atoms with Crippen LogP contribution in [0.25, 0.3) is 0 Å². The zero-order chi connectivity index (χ0) is 18.5. The first-order chi connectivity index (χ1) is 11.7. The van der Waals surface area contributed by atoms with E-state index < -0.39 is 22.7 Å². The number of hydrogen-bond acceptors (Lipinski definition) is 4. The minimum atomic E-state index is -4.92. The van der Waals surface area contributed by atoms with Crippen LogP contribution in [0.15, 0.2) is 54.6 Å². The molecule has 1 atom stereocenters. The molecular formula is C16H22K3O7PS. The van der Waals surface area contributed by atoms with Crippen molar-refractivity contribution in [3.8, 4) is 11.5 Å². The second kappa shape index (κ2) is 15.9. The van der Waals surface area contributed by atoms with Gasteiger partial charge in [0.1, 0.15) is 11.5 Å². The van der Waals surface area contributed by atoms with Gasteiger partial charge in [0.25, 0.3) is 10.1 Å². The third-order valence-corrected chi connectivity index (χ3v) is 7.09. The molecule has 0 aliphatic carbocycles. The minimum absolute atomic E-state index is 0. The van der Waals surface area contributed by atoms with Crippen LogP contribution in [0.4, 0.5) is 0 Å². The summed E-state index contributed by atoms with van der Waals surface area (Å²) in [6.07, 6.45) is 0.289. The molecule has 1 unspecified atom stereocenters. The molecule has 0 aliphatic rings. The van der Waals surface area contributed by atoms with Crippen molar-refractivity contribution in [2.45, 2.75) is 24.3 Å². The predicted octanol–water partition coefficient (Wildman–Crippen LogP) is 1.25. The van der Waals surface area contributed by atoms with Crippen molar-refractivity contribution < 1.29 is 32.1 Å². The maximum atomic E-state index is 11.2. The second-order valence-electron chi connectivity index (χ2n) is 5.51. The first-order valence-corrected chi connectivity index (χ1v) is 10.7. The van der Waals surface area contributed by atoms with Crippen LogP contribution < -0.4 is 4.74 Å². The molecule has 0 amide bonds. The number of aryl methyl sites for hydroxylation is 1. The zero-order valence-electron chi connectivity index (χ0n) is 13.2. The summed E-state index contributed by atoms with van der Waals surface area (Å²) in [6.45, 7) is 0. The molecule has 0 radical (unpaired) electrons. The van der Waals surface area contributed by atoms with E-state index in [2.05, 4.69) is 0 Å². The van der Waals surface area contributed by atoms with Crippen molar-refractivity contribution in [2.24, 2.45) is 0 Å². The summed E-state index contributed by atoms with van der Waals surface area (Å²) in [6, 6.07) is 16.3. The number of rotatable bonds is 8. The standard InChI is InChI=1S/C16H19O7PS.3K.3H/c17-24(18,19)16(25(20,21)22)8-4-5-13-9-11-15(12-10-13)23-14-6-2-1-3-7-14;;;;;;/h1-3,6-7,9-12,16H,4-5,8H2,(H2,17,18,19)(H,20,21,22);;;;;;. The summed E-state index contributed by atoms with van der Waals surface area (Å²) < 4.78 is 47.9. The van der Waals surface area contributed by atoms with Crippen LogP contribution in [0.2, 0.25) is 0 Å². The van der Waals surface area contributed by atoms with Gasteiger partial charge in [0.2, 0.25) is 0 Å². The van der Waals surface area contributed by atoms with Crippen molar-refractivity contribution in [1.29, 1.82) is 0 Å². The van der Waals surface area contributed by atoms with Gasteiger partial charge in [-0.2, -0.15) is 8.42 Å². The van der Waals surface area contributed by atoms with E-state index in [1.165, 1.54) is 0 Å². The van der Waals surface area contributed by atoms with E-state index in [0.717, 1.165) is 5.56 Å². The van der Waals surface area contributed by atoms with Crippen molar-refractivity contribution in [2.75, 3.05) is 0 Å². The molecular weight excluding hydrogens is 485 g/mol. The molecule has 0 saturated heterocycles. The van der Waals surface area contributed by atoms with Gasteiger partial charge in [0.05, 0.1) is 0 Å². The average molecular weight is 507 g/mol. The first kappa shape index (κ1) is 33.4. The molecule has 0 fully saturated rings. The van der Waals surface area contributed by atoms with Crippen LogP contribution in [0, 0.1) is 0 Å². The Morgan fingerprint density at radius 2 is 1.39 bits per heavy atom. The average Bonchev–Trinajstić information content (AvgIpc) is 2.51. The molecule has 0 spiro atoms. The Hall–Kier alpha value is 3.21. The van der Waals surface area contributed by atoms with Crippen LogP contribution in [-0.4, -0.2) is 182 Å². The van der Waals surface area contributed by atoms with Crippen molar-refractivity contribution in [1.82, 2.24) is 0 Å². The molecule has 2 aromatic carbocycles. The molecule has 2 rings (SSSR count). The Labute approximate surface area is 293 Å². The van der Waals surface area contributed by atoms with E-state index in [1.807, 2.05) is 30.3 Å². The van der Waals surface area contributed by atoms with Gasteiger partial charge in [-0.15, -0.1) is 0 Å². The summed E-state index contributed by atoms with van der Waals surface area (Å²) in [5, 5.41) is 0. The summed E-state index contributed by atoms with van der Waals surface area (Å²) in [5.41, 5.74) is 0.861. The Morgan fingerprint density at radius 1 is 0.893 bits per heavy atom. The Morgan fingerprint density at radius 3 is 1.86 bits per heavy atom. The predicted molar refractivity (Wildman–Crippen MR) is 115 cm³/mol.